The van der Waals surface area contributed by atoms with Crippen LogP contribution in [-0.2, 0) is 0 Å². The van der Waals surface area contributed by atoms with Crippen LogP contribution in [0.4, 0.5) is 14.5 Å². The van der Waals surface area contributed by atoms with Crippen LogP contribution < -0.4 is 10.1 Å². The van der Waals surface area contributed by atoms with Crippen LogP contribution in [0.15, 0.2) is 29.6 Å². The van der Waals surface area contributed by atoms with E-state index in [0.29, 0.717) is 0 Å². The number of aromatic hydroxyl groups is 3. The van der Waals surface area contributed by atoms with Crippen LogP contribution in [-0.4, -0.2) is 38.9 Å². The molecule has 0 spiro atoms. The number of halogens is 2. The predicted molar refractivity (Wildman–Crippen MR) is 107 cm³/mol. The molecule has 5 N–H and O–H groups in total. The highest BCUT2D eigenvalue weighted by Crippen LogP contribution is 2.49. The van der Waals surface area contributed by atoms with E-state index >= 15 is 0 Å². The van der Waals surface area contributed by atoms with Crippen LogP contribution in [0, 0.1) is 11.6 Å². The topological polar surface area (TPSA) is 136 Å². The third kappa shape index (κ3) is 4.08. The number of amides is 1. The lowest BCUT2D eigenvalue weighted by molar-refractivity contribution is 0.0698. The van der Waals surface area contributed by atoms with Gasteiger partial charge in [-0.3, -0.25) is 4.79 Å². The molecule has 31 heavy (non-hydrogen) atoms. The number of phenolic OH excluding ortho intramolecular Hbond substituents is 3. The first-order valence-electron chi connectivity index (χ1n) is 8.67. The van der Waals surface area contributed by atoms with Gasteiger partial charge in [0.25, 0.3) is 5.91 Å². The van der Waals surface area contributed by atoms with Gasteiger partial charge in [-0.05, 0) is 36.1 Å². The monoisotopic (exact) mass is 451 g/mol. The van der Waals surface area contributed by atoms with Crippen LogP contribution in [0.25, 0.3) is 11.1 Å². The van der Waals surface area contributed by atoms with Crippen molar-refractivity contribution in [3.63, 3.8) is 0 Å². The smallest absolute Gasteiger partial charge is 0.346 e. The third-order valence-corrected chi connectivity index (χ3v) is 5.08. The average molecular weight is 451 g/mol. The number of ether oxygens (including phenoxy) is 1. The Balaban J connectivity index is 2.02. The molecule has 8 nitrogen and oxygen atoms in total. The minimum atomic E-state index is -1.36. The number of rotatable bonds is 6. The number of phenols is 3. The summed E-state index contributed by atoms with van der Waals surface area (Å²) in [6, 6.07) is 3.53. The maximum Gasteiger partial charge on any atom is 0.346 e. The summed E-state index contributed by atoms with van der Waals surface area (Å²) < 4.78 is 34.4. The molecule has 0 saturated heterocycles. The Kier molecular flexibility index (Phi) is 5.97. The van der Waals surface area contributed by atoms with Crippen LogP contribution in [0.1, 0.15) is 27.0 Å². The minimum Gasteiger partial charge on any atom is -0.507 e. The molecule has 0 radical (unpaired) electrons. The summed E-state index contributed by atoms with van der Waals surface area (Å²) in [6.07, 6.45) is 0. The van der Waals surface area contributed by atoms with Crippen molar-refractivity contribution >= 4 is 28.9 Å². The summed E-state index contributed by atoms with van der Waals surface area (Å²) in [5, 5.41) is 42.6. The van der Waals surface area contributed by atoms with Gasteiger partial charge in [-0.2, -0.15) is 0 Å². The summed E-state index contributed by atoms with van der Waals surface area (Å²) in [4.78, 5) is 23.1. The fourth-order valence-corrected chi connectivity index (χ4v) is 3.59. The number of nitrogens with one attached hydrogen (secondary N) is 1. The molecular formula is C20H15F2NO7S. The molecule has 1 heterocycles. The molecule has 0 aliphatic carbocycles. The van der Waals surface area contributed by atoms with E-state index in [1.165, 1.54) is 11.4 Å². The Bertz CT molecular complexity index is 1170. The molecular weight excluding hydrogens is 436 g/mol. The number of hydrogen-bond donors (Lipinski definition) is 5. The molecule has 3 aromatic rings. The standard InChI is InChI=1S/C20H15F2NO7S/c1-2-30-17-13(25)7-12(24)14(16(17)26)8-5-10(21)15(11(22)6-8)23-19(27)9-3-4-31-18(9)20(28)29/h3-7,24-26H,2H2,1H3,(H,23,27)(H,28,29). The molecule has 3 rings (SSSR count). The Morgan fingerprint density at radius 1 is 1.10 bits per heavy atom. The first-order valence-corrected chi connectivity index (χ1v) is 9.55. The Hall–Kier alpha value is -3.86. The van der Waals surface area contributed by atoms with E-state index in [1.807, 2.05) is 5.32 Å². The van der Waals surface area contributed by atoms with Gasteiger partial charge >= 0.3 is 5.97 Å². The number of carbonyl (C=O) groups excluding carboxylic acids is 1. The molecule has 2 aromatic carbocycles. The number of hydrogen-bond acceptors (Lipinski definition) is 7. The van der Waals surface area contributed by atoms with Crippen molar-refractivity contribution in [1.29, 1.82) is 0 Å². The number of carboxylic acids is 1. The third-order valence-electron chi connectivity index (χ3n) is 4.18. The number of aromatic carboxylic acids is 1. The number of anilines is 1. The summed E-state index contributed by atoms with van der Waals surface area (Å²) in [7, 11) is 0. The highest BCUT2D eigenvalue weighted by molar-refractivity contribution is 7.12. The molecule has 11 heteroatoms. The molecule has 0 unspecified atom stereocenters. The Labute approximate surface area is 177 Å². The highest BCUT2D eigenvalue weighted by atomic mass is 32.1. The van der Waals surface area contributed by atoms with Crippen molar-refractivity contribution in [1.82, 2.24) is 0 Å². The van der Waals surface area contributed by atoms with Gasteiger partial charge in [-0.1, -0.05) is 0 Å². The average Bonchev–Trinajstić information content (AvgIpc) is 3.18. The van der Waals surface area contributed by atoms with Gasteiger partial charge in [-0.15, -0.1) is 11.3 Å². The molecule has 0 bridgehead atoms. The summed E-state index contributed by atoms with van der Waals surface area (Å²) >= 11 is 0.779. The molecule has 0 aliphatic rings. The van der Waals surface area contributed by atoms with Gasteiger partial charge in [0, 0.05) is 6.07 Å². The second kappa shape index (κ2) is 8.48. The van der Waals surface area contributed by atoms with E-state index in [0.717, 1.165) is 29.5 Å². The lowest BCUT2D eigenvalue weighted by atomic mass is 10.0. The fourth-order valence-electron chi connectivity index (χ4n) is 2.87. The van der Waals surface area contributed by atoms with Crippen molar-refractivity contribution in [3.05, 3.63) is 51.7 Å². The predicted octanol–water partition coefficient (Wildman–Crippen LogP) is 4.16. The lowest BCUT2D eigenvalue weighted by Gasteiger charge is -2.15. The zero-order valence-electron chi connectivity index (χ0n) is 15.8. The fraction of sp³-hybridized carbons (Fsp3) is 0.100. The minimum absolute atomic E-state index is 0.0555. The number of carbonyl (C=O) groups is 2. The first-order chi connectivity index (χ1) is 14.6. The van der Waals surface area contributed by atoms with E-state index in [9.17, 15) is 33.7 Å². The quantitative estimate of drug-likeness (QED) is 0.380. The van der Waals surface area contributed by atoms with E-state index in [-0.39, 0.29) is 28.4 Å². The van der Waals surface area contributed by atoms with E-state index in [4.69, 9.17) is 9.84 Å². The Morgan fingerprint density at radius 3 is 2.32 bits per heavy atom. The van der Waals surface area contributed by atoms with Gasteiger partial charge < -0.3 is 30.5 Å². The van der Waals surface area contributed by atoms with Crippen molar-refractivity contribution in [2.75, 3.05) is 11.9 Å². The summed E-state index contributed by atoms with van der Waals surface area (Å²) in [5.74, 6) is -7.25. The lowest BCUT2D eigenvalue weighted by Crippen LogP contribution is -2.16. The van der Waals surface area contributed by atoms with E-state index in [1.54, 1.807) is 6.92 Å². The molecule has 1 aromatic heterocycles. The van der Waals surface area contributed by atoms with Crippen LogP contribution in [0.2, 0.25) is 0 Å². The van der Waals surface area contributed by atoms with Gasteiger partial charge in [-0.25, -0.2) is 13.6 Å². The van der Waals surface area contributed by atoms with Crippen molar-refractivity contribution in [2.24, 2.45) is 0 Å². The van der Waals surface area contributed by atoms with Crippen LogP contribution in [0.3, 0.4) is 0 Å². The van der Waals surface area contributed by atoms with Gasteiger partial charge in [0.1, 0.15) is 27.9 Å². The number of carboxylic acid groups (broad SMARTS) is 1. The van der Waals surface area contributed by atoms with E-state index in [2.05, 4.69) is 0 Å². The molecule has 0 aliphatic heterocycles. The molecule has 0 fully saturated rings. The maximum absolute atomic E-state index is 14.6. The SMILES string of the molecule is CCOc1c(O)cc(O)c(-c2cc(F)c(NC(=O)c3ccsc3C(=O)O)c(F)c2)c1O. The highest BCUT2D eigenvalue weighted by Gasteiger charge is 2.24. The first kappa shape index (κ1) is 21.8. The van der Waals surface area contributed by atoms with Gasteiger partial charge in [0.05, 0.1) is 17.7 Å². The van der Waals surface area contributed by atoms with Crippen LogP contribution in [0.5, 0.6) is 23.0 Å². The normalized spacial score (nSPS) is 10.7. The molecule has 0 atom stereocenters. The largest absolute Gasteiger partial charge is 0.507 e. The van der Waals surface area contributed by atoms with E-state index < -0.39 is 52.0 Å². The Morgan fingerprint density at radius 2 is 1.74 bits per heavy atom. The molecule has 162 valence electrons. The summed E-state index contributed by atoms with van der Waals surface area (Å²) in [5.41, 5.74) is -1.82. The van der Waals surface area contributed by atoms with Gasteiger partial charge in [0.15, 0.2) is 11.5 Å². The molecule has 1 amide bonds. The number of benzene rings is 2. The second-order valence-electron chi connectivity index (χ2n) is 6.14. The second-order valence-corrected chi connectivity index (χ2v) is 7.05. The zero-order chi connectivity index (χ0) is 22.9. The van der Waals surface area contributed by atoms with Crippen molar-refractivity contribution in [3.8, 4) is 34.1 Å². The van der Waals surface area contributed by atoms with Crippen molar-refractivity contribution < 1.29 is 43.5 Å². The van der Waals surface area contributed by atoms with Crippen LogP contribution >= 0.6 is 11.3 Å². The number of thiophene rings is 1. The zero-order valence-corrected chi connectivity index (χ0v) is 16.6. The van der Waals surface area contributed by atoms with Crippen molar-refractivity contribution in [2.45, 2.75) is 6.92 Å². The summed E-state index contributed by atoms with van der Waals surface area (Å²) in [6.45, 7) is 1.63. The molecule has 0 saturated carbocycles. The maximum atomic E-state index is 14.6. The van der Waals surface area contributed by atoms with Gasteiger partial charge in [0.2, 0.25) is 5.75 Å².